The second-order valence-electron chi connectivity index (χ2n) is 7.01. The number of urea groups is 1. The maximum absolute atomic E-state index is 12.9. The Morgan fingerprint density at radius 3 is 2.54 bits per heavy atom. The third kappa shape index (κ3) is 4.75. The summed E-state index contributed by atoms with van der Waals surface area (Å²) in [6, 6.07) is 6.90. The van der Waals surface area contributed by atoms with Crippen molar-refractivity contribution in [2.24, 2.45) is 5.92 Å². The number of anilines is 1. The number of rotatable bonds is 2. The van der Waals surface area contributed by atoms with Gasteiger partial charge in [0.15, 0.2) is 0 Å². The van der Waals surface area contributed by atoms with Crippen LogP contribution >= 0.6 is 11.6 Å². The zero-order valence-electron chi connectivity index (χ0n) is 14.4. The molecule has 2 atom stereocenters. The number of hydrogen-bond donors (Lipinski definition) is 1. The lowest BCUT2D eigenvalue weighted by atomic mass is 9.85. The molecule has 0 spiro atoms. The molecule has 1 aromatic carbocycles. The second kappa shape index (κ2) is 7.94. The molecule has 1 aliphatic carbocycles. The van der Waals surface area contributed by atoms with Crippen LogP contribution < -0.4 is 10.2 Å². The molecule has 1 aliphatic heterocycles. The van der Waals surface area contributed by atoms with Crippen LogP contribution in [0.1, 0.15) is 25.7 Å². The largest absolute Gasteiger partial charge is 0.391 e. The first kappa shape index (κ1) is 19.1. The minimum absolute atomic E-state index is 0.0162. The first-order valence-corrected chi connectivity index (χ1v) is 9.33. The van der Waals surface area contributed by atoms with Crippen LogP contribution in [0.5, 0.6) is 0 Å². The van der Waals surface area contributed by atoms with Crippen molar-refractivity contribution in [1.29, 1.82) is 0 Å². The average molecular weight is 390 g/mol. The maximum atomic E-state index is 12.9. The second-order valence-corrected chi connectivity index (χ2v) is 7.44. The van der Waals surface area contributed by atoms with Crippen LogP contribution in [-0.4, -0.2) is 49.3 Å². The van der Waals surface area contributed by atoms with Crippen LogP contribution in [0, 0.1) is 5.92 Å². The predicted octanol–water partition coefficient (Wildman–Crippen LogP) is 4.29. The molecular formula is C18H23ClF3N3O. The minimum Gasteiger partial charge on any atom is -0.368 e. The van der Waals surface area contributed by atoms with Crippen LogP contribution in [-0.2, 0) is 0 Å². The molecule has 0 unspecified atom stereocenters. The average Bonchev–Trinajstić information content (AvgIpc) is 2.61. The number of nitrogens with zero attached hydrogens (tertiary/aromatic N) is 2. The molecule has 3 rings (SSSR count). The van der Waals surface area contributed by atoms with E-state index < -0.39 is 18.1 Å². The predicted molar refractivity (Wildman–Crippen MR) is 95.6 cm³/mol. The molecule has 1 aromatic rings. The first-order valence-electron chi connectivity index (χ1n) is 8.95. The Morgan fingerprint density at radius 2 is 1.88 bits per heavy atom. The van der Waals surface area contributed by atoms with Crippen LogP contribution in [0.2, 0.25) is 5.02 Å². The number of piperazine rings is 1. The summed E-state index contributed by atoms with van der Waals surface area (Å²) in [5.41, 5.74) is 1.01. The summed E-state index contributed by atoms with van der Waals surface area (Å²) in [6.07, 6.45) is -2.92. The third-order valence-electron chi connectivity index (χ3n) is 5.20. The number of alkyl halides is 3. The van der Waals surface area contributed by atoms with E-state index in [0.717, 1.165) is 5.69 Å². The lowest BCUT2D eigenvalue weighted by Gasteiger charge is -2.38. The zero-order valence-corrected chi connectivity index (χ0v) is 15.2. The van der Waals surface area contributed by atoms with Gasteiger partial charge in [-0.1, -0.05) is 24.1 Å². The molecule has 1 saturated heterocycles. The summed E-state index contributed by atoms with van der Waals surface area (Å²) in [7, 11) is 0. The number of carbonyl (C=O) groups is 1. The van der Waals surface area contributed by atoms with E-state index >= 15 is 0 Å². The first-order chi connectivity index (χ1) is 12.3. The lowest BCUT2D eigenvalue weighted by Crippen LogP contribution is -2.54. The van der Waals surface area contributed by atoms with Gasteiger partial charge in [0.1, 0.15) is 0 Å². The molecule has 2 amide bonds. The molecule has 1 N–H and O–H groups in total. The fraction of sp³-hybridized carbons (Fsp3) is 0.611. The summed E-state index contributed by atoms with van der Waals surface area (Å²) >= 11 is 6.01. The van der Waals surface area contributed by atoms with Gasteiger partial charge in [0, 0.05) is 42.9 Å². The van der Waals surface area contributed by atoms with Gasteiger partial charge in [-0.05, 0) is 37.5 Å². The van der Waals surface area contributed by atoms with E-state index in [1.54, 1.807) is 4.90 Å². The number of amides is 2. The molecule has 0 aromatic heterocycles. The molecule has 1 heterocycles. The van der Waals surface area contributed by atoms with Gasteiger partial charge in [-0.25, -0.2) is 4.79 Å². The molecule has 0 radical (unpaired) electrons. The molecule has 8 heteroatoms. The van der Waals surface area contributed by atoms with Gasteiger partial charge in [0.2, 0.25) is 0 Å². The van der Waals surface area contributed by atoms with Crippen molar-refractivity contribution >= 4 is 23.3 Å². The molecule has 2 fully saturated rings. The summed E-state index contributed by atoms with van der Waals surface area (Å²) in [6.45, 7) is 2.41. The molecular weight excluding hydrogens is 367 g/mol. The normalized spacial score (nSPS) is 24.5. The molecule has 4 nitrogen and oxygen atoms in total. The summed E-state index contributed by atoms with van der Waals surface area (Å²) in [5, 5.41) is 3.47. The van der Waals surface area contributed by atoms with Crippen molar-refractivity contribution in [2.75, 3.05) is 31.1 Å². The van der Waals surface area contributed by atoms with Crippen molar-refractivity contribution in [1.82, 2.24) is 10.2 Å². The van der Waals surface area contributed by atoms with Crippen LogP contribution in [0.15, 0.2) is 24.3 Å². The van der Waals surface area contributed by atoms with Crippen molar-refractivity contribution < 1.29 is 18.0 Å². The van der Waals surface area contributed by atoms with Gasteiger partial charge in [0.05, 0.1) is 5.92 Å². The van der Waals surface area contributed by atoms with Gasteiger partial charge in [-0.2, -0.15) is 13.2 Å². The van der Waals surface area contributed by atoms with Gasteiger partial charge in [-0.15, -0.1) is 0 Å². The number of nitrogens with one attached hydrogen (secondary N) is 1. The Balaban J connectivity index is 1.49. The summed E-state index contributed by atoms with van der Waals surface area (Å²) < 4.78 is 38.7. The van der Waals surface area contributed by atoms with E-state index in [2.05, 4.69) is 10.2 Å². The SMILES string of the molecule is O=C(N[C@@H]1CCC[C@@H](C(F)(F)F)C1)N1CCN(c2cccc(Cl)c2)CC1. The highest BCUT2D eigenvalue weighted by molar-refractivity contribution is 6.30. The number of carbonyl (C=O) groups excluding carboxylic acids is 1. The lowest BCUT2D eigenvalue weighted by molar-refractivity contribution is -0.183. The van der Waals surface area contributed by atoms with Gasteiger partial charge in [0.25, 0.3) is 0 Å². The quantitative estimate of drug-likeness (QED) is 0.818. The highest BCUT2D eigenvalue weighted by Gasteiger charge is 2.42. The van der Waals surface area contributed by atoms with Crippen molar-refractivity contribution in [3.8, 4) is 0 Å². The van der Waals surface area contributed by atoms with E-state index in [1.807, 2.05) is 24.3 Å². The topological polar surface area (TPSA) is 35.6 Å². The molecule has 0 bridgehead atoms. The van der Waals surface area contributed by atoms with Crippen molar-refractivity contribution in [3.05, 3.63) is 29.3 Å². The van der Waals surface area contributed by atoms with E-state index in [0.29, 0.717) is 44.0 Å². The molecule has 1 saturated carbocycles. The van der Waals surface area contributed by atoms with Gasteiger partial charge in [-0.3, -0.25) is 0 Å². The minimum atomic E-state index is -4.17. The maximum Gasteiger partial charge on any atom is 0.391 e. The van der Waals surface area contributed by atoms with Gasteiger partial charge >= 0.3 is 12.2 Å². The van der Waals surface area contributed by atoms with E-state index in [1.165, 1.54) is 0 Å². The van der Waals surface area contributed by atoms with Crippen molar-refractivity contribution in [2.45, 2.75) is 37.9 Å². The monoisotopic (exact) mass is 389 g/mol. The fourth-order valence-electron chi connectivity index (χ4n) is 3.72. The number of benzene rings is 1. The number of halogens is 4. The van der Waals surface area contributed by atoms with Crippen molar-refractivity contribution in [3.63, 3.8) is 0 Å². The van der Waals surface area contributed by atoms with Crippen LogP contribution in [0.4, 0.5) is 23.7 Å². The van der Waals surface area contributed by atoms with E-state index in [4.69, 9.17) is 11.6 Å². The highest BCUT2D eigenvalue weighted by Crippen LogP contribution is 2.37. The Kier molecular flexibility index (Phi) is 5.85. The standard InChI is InChI=1S/C18H23ClF3N3O/c19-14-4-2-6-16(12-14)24-7-9-25(10-8-24)17(26)23-15-5-1-3-13(11-15)18(20,21)22/h2,4,6,12-13,15H,1,3,5,7-11H2,(H,23,26)/t13-,15-/m1/s1. The Labute approximate surface area is 156 Å². The summed E-state index contributed by atoms with van der Waals surface area (Å²) in [5.74, 6) is -1.30. The smallest absolute Gasteiger partial charge is 0.368 e. The molecule has 144 valence electrons. The van der Waals surface area contributed by atoms with E-state index in [9.17, 15) is 18.0 Å². The molecule has 26 heavy (non-hydrogen) atoms. The van der Waals surface area contributed by atoms with Gasteiger partial charge < -0.3 is 15.1 Å². The van der Waals surface area contributed by atoms with Crippen LogP contribution in [0.3, 0.4) is 0 Å². The Bertz CT molecular complexity index is 632. The highest BCUT2D eigenvalue weighted by atomic mass is 35.5. The van der Waals surface area contributed by atoms with Crippen LogP contribution in [0.25, 0.3) is 0 Å². The molecule has 2 aliphatic rings. The summed E-state index contributed by atoms with van der Waals surface area (Å²) in [4.78, 5) is 16.2. The zero-order chi connectivity index (χ0) is 18.7. The Morgan fingerprint density at radius 1 is 1.15 bits per heavy atom. The Hall–Kier alpha value is -1.63. The fourth-order valence-corrected chi connectivity index (χ4v) is 3.91. The number of hydrogen-bond acceptors (Lipinski definition) is 2. The third-order valence-corrected chi connectivity index (χ3v) is 5.44. The van der Waals surface area contributed by atoms with E-state index in [-0.39, 0.29) is 18.9 Å².